The van der Waals surface area contributed by atoms with E-state index >= 15 is 0 Å². The van der Waals surface area contributed by atoms with E-state index in [1.165, 1.54) is 6.07 Å². The van der Waals surface area contributed by atoms with Crippen molar-refractivity contribution in [3.63, 3.8) is 0 Å². The van der Waals surface area contributed by atoms with Crippen LogP contribution in [-0.4, -0.2) is 16.1 Å². The summed E-state index contributed by atoms with van der Waals surface area (Å²) in [4.78, 5) is 10.4. The molecule has 5 N–H and O–H groups in total. The van der Waals surface area contributed by atoms with Crippen LogP contribution in [0.15, 0.2) is 6.07 Å². The van der Waals surface area contributed by atoms with E-state index in [9.17, 15) is 4.79 Å². The van der Waals surface area contributed by atoms with Crippen molar-refractivity contribution in [3.8, 4) is 0 Å². The van der Waals surface area contributed by atoms with E-state index in [4.69, 9.17) is 11.5 Å². The second-order valence-corrected chi connectivity index (χ2v) is 1.84. The monoisotopic (exact) mass is 140 g/mol. The lowest BCUT2D eigenvalue weighted by Gasteiger charge is -1.81. The molecule has 0 aliphatic heterocycles. The van der Waals surface area contributed by atoms with Gasteiger partial charge >= 0.3 is 0 Å². The van der Waals surface area contributed by atoms with Crippen molar-refractivity contribution in [1.82, 2.24) is 10.2 Å². The lowest BCUT2D eigenvalue weighted by Crippen LogP contribution is -2.11. The molecule has 0 radical (unpaired) electrons. The lowest BCUT2D eigenvalue weighted by molar-refractivity contribution is 0.0995. The molecule has 1 heterocycles. The summed E-state index contributed by atoms with van der Waals surface area (Å²) >= 11 is 0. The van der Waals surface area contributed by atoms with E-state index in [0.29, 0.717) is 17.9 Å². The zero-order chi connectivity index (χ0) is 7.56. The number of primary amides is 1. The first-order valence-electron chi connectivity index (χ1n) is 2.78. The highest BCUT2D eigenvalue weighted by atomic mass is 16.1. The van der Waals surface area contributed by atoms with Gasteiger partial charge in [-0.3, -0.25) is 9.89 Å². The van der Waals surface area contributed by atoms with Crippen molar-refractivity contribution in [2.45, 2.75) is 6.54 Å². The van der Waals surface area contributed by atoms with Gasteiger partial charge in [-0.05, 0) is 6.07 Å². The van der Waals surface area contributed by atoms with Gasteiger partial charge in [-0.1, -0.05) is 0 Å². The molecule has 0 aromatic carbocycles. The molecular weight excluding hydrogens is 132 g/mol. The Labute approximate surface area is 57.4 Å². The van der Waals surface area contributed by atoms with Crippen LogP contribution in [0, 0.1) is 0 Å². The molecule has 0 unspecified atom stereocenters. The number of carbonyl (C=O) groups excluding carboxylic acids is 1. The fraction of sp³-hybridized carbons (Fsp3) is 0.200. The maximum Gasteiger partial charge on any atom is 0.266 e. The summed E-state index contributed by atoms with van der Waals surface area (Å²) in [6.07, 6.45) is 0. The number of H-pyrrole nitrogens is 1. The van der Waals surface area contributed by atoms with Crippen LogP contribution in [0.2, 0.25) is 0 Å². The van der Waals surface area contributed by atoms with Crippen LogP contribution in [0.4, 0.5) is 0 Å². The molecule has 0 fully saturated rings. The first-order valence-corrected chi connectivity index (χ1v) is 2.78. The number of hydrogen-bond acceptors (Lipinski definition) is 3. The van der Waals surface area contributed by atoms with E-state index in [1.54, 1.807) is 0 Å². The molecule has 0 spiro atoms. The molecular formula is C5H8N4O. The Morgan fingerprint density at radius 2 is 2.50 bits per heavy atom. The predicted octanol–water partition coefficient (Wildman–Crippen LogP) is -1.03. The fourth-order valence-corrected chi connectivity index (χ4v) is 0.594. The summed E-state index contributed by atoms with van der Waals surface area (Å²) in [6, 6.07) is 1.53. The second-order valence-electron chi connectivity index (χ2n) is 1.84. The number of nitrogens with one attached hydrogen (secondary N) is 1. The molecule has 0 saturated heterocycles. The number of aromatic nitrogens is 2. The Kier molecular flexibility index (Phi) is 1.68. The van der Waals surface area contributed by atoms with Gasteiger partial charge < -0.3 is 11.5 Å². The van der Waals surface area contributed by atoms with Gasteiger partial charge in [0.25, 0.3) is 5.91 Å². The topological polar surface area (TPSA) is 97.8 Å². The van der Waals surface area contributed by atoms with Gasteiger partial charge in [-0.2, -0.15) is 5.10 Å². The first-order chi connectivity index (χ1) is 4.74. The highest BCUT2D eigenvalue weighted by molar-refractivity contribution is 5.90. The van der Waals surface area contributed by atoms with Crippen molar-refractivity contribution in [2.75, 3.05) is 0 Å². The van der Waals surface area contributed by atoms with Gasteiger partial charge in [-0.25, -0.2) is 0 Å². The van der Waals surface area contributed by atoms with Gasteiger partial charge in [0.1, 0.15) is 5.69 Å². The number of amides is 1. The largest absolute Gasteiger partial charge is 0.364 e. The van der Waals surface area contributed by atoms with Crippen LogP contribution < -0.4 is 11.5 Å². The Morgan fingerprint density at radius 1 is 1.80 bits per heavy atom. The van der Waals surface area contributed by atoms with E-state index in [0.717, 1.165) is 0 Å². The third-order valence-corrected chi connectivity index (χ3v) is 1.11. The molecule has 0 aliphatic rings. The standard InChI is InChI=1S/C5H8N4O/c6-2-3-1-4(5(7)10)9-8-3/h1H,2,6H2,(H2,7,10)(H,8,9). The van der Waals surface area contributed by atoms with Crippen molar-refractivity contribution < 1.29 is 4.79 Å². The maximum atomic E-state index is 10.4. The lowest BCUT2D eigenvalue weighted by atomic mass is 10.3. The van der Waals surface area contributed by atoms with Crippen molar-refractivity contribution in [2.24, 2.45) is 11.5 Å². The Morgan fingerprint density at radius 3 is 2.80 bits per heavy atom. The van der Waals surface area contributed by atoms with Crippen LogP contribution in [0.1, 0.15) is 16.2 Å². The summed E-state index contributed by atoms with van der Waals surface area (Å²) in [5, 5.41) is 6.16. The summed E-state index contributed by atoms with van der Waals surface area (Å²) < 4.78 is 0. The number of nitrogens with zero attached hydrogens (tertiary/aromatic N) is 1. The van der Waals surface area contributed by atoms with Gasteiger partial charge in [0.05, 0.1) is 5.69 Å². The molecule has 0 saturated carbocycles. The van der Waals surface area contributed by atoms with Gasteiger partial charge in [0.15, 0.2) is 0 Å². The molecule has 1 rings (SSSR count). The number of carbonyl (C=O) groups is 1. The van der Waals surface area contributed by atoms with Crippen molar-refractivity contribution in [3.05, 3.63) is 17.5 Å². The molecule has 54 valence electrons. The number of aromatic amines is 1. The number of hydrogen-bond donors (Lipinski definition) is 3. The molecule has 0 bridgehead atoms. The molecule has 5 heteroatoms. The SMILES string of the molecule is NCc1cc(C(N)=O)[nH]n1. The molecule has 10 heavy (non-hydrogen) atoms. The second kappa shape index (κ2) is 2.49. The van der Waals surface area contributed by atoms with Crippen LogP contribution >= 0.6 is 0 Å². The third kappa shape index (κ3) is 1.14. The van der Waals surface area contributed by atoms with Crippen LogP contribution in [0.3, 0.4) is 0 Å². The Bertz CT molecular complexity index is 242. The minimum atomic E-state index is -0.521. The number of rotatable bonds is 2. The van der Waals surface area contributed by atoms with Crippen molar-refractivity contribution >= 4 is 5.91 Å². The molecule has 0 atom stereocenters. The zero-order valence-electron chi connectivity index (χ0n) is 5.29. The minimum absolute atomic E-state index is 0.292. The number of nitrogens with two attached hydrogens (primary N) is 2. The van der Waals surface area contributed by atoms with Crippen LogP contribution in [-0.2, 0) is 6.54 Å². The van der Waals surface area contributed by atoms with E-state index < -0.39 is 5.91 Å². The quantitative estimate of drug-likeness (QED) is 0.489. The summed E-state index contributed by atoms with van der Waals surface area (Å²) in [6.45, 7) is 0.309. The highest BCUT2D eigenvalue weighted by Gasteiger charge is 2.02. The van der Waals surface area contributed by atoms with Gasteiger partial charge in [0, 0.05) is 6.54 Å². The van der Waals surface area contributed by atoms with Crippen LogP contribution in [0.25, 0.3) is 0 Å². The third-order valence-electron chi connectivity index (χ3n) is 1.11. The summed E-state index contributed by atoms with van der Waals surface area (Å²) in [7, 11) is 0. The predicted molar refractivity (Wildman–Crippen MR) is 35.0 cm³/mol. The Balaban J connectivity index is 2.88. The van der Waals surface area contributed by atoms with E-state index in [-0.39, 0.29) is 0 Å². The zero-order valence-corrected chi connectivity index (χ0v) is 5.29. The summed E-state index contributed by atoms with van der Waals surface area (Å²) in [5.74, 6) is -0.521. The molecule has 1 aromatic rings. The Hall–Kier alpha value is -1.36. The van der Waals surface area contributed by atoms with Gasteiger partial charge in [0.2, 0.25) is 0 Å². The van der Waals surface area contributed by atoms with E-state index in [2.05, 4.69) is 10.2 Å². The average molecular weight is 140 g/mol. The minimum Gasteiger partial charge on any atom is -0.364 e. The molecule has 0 aliphatic carbocycles. The van der Waals surface area contributed by atoms with Crippen molar-refractivity contribution in [1.29, 1.82) is 0 Å². The smallest absolute Gasteiger partial charge is 0.266 e. The average Bonchev–Trinajstić information content (AvgIpc) is 2.34. The van der Waals surface area contributed by atoms with Gasteiger partial charge in [-0.15, -0.1) is 0 Å². The first kappa shape index (κ1) is 6.76. The van der Waals surface area contributed by atoms with E-state index in [1.807, 2.05) is 0 Å². The molecule has 1 amide bonds. The normalized spacial score (nSPS) is 9.70. The maximum absolute atomic E-state index is 10.4. The molecule has 5 nitrogen and oxygen atoms in total. The summed E-state index contributed by atoms with van der Waals surface area (Å²) in [5.41, 5.74) is 11.1. The molecule has 1 aromatic heterocycles. The fourth-order valence-electron chi connectivity index (χ4n) is 0.594. The highest BCUT2D eigenvalue weighted by Crippen LogP contribution is 1.95. The van der Waals surface area contributed by atoms with Crippen LogP contribution in [0.5, 0.6) is 0 Å².